The maximum absolute atomic E-state index is 12.5. The van der Waals surface area contributed by atoms with E-state index >= 15 is 0 Å². The van der Waals surface area contributed by atoms with E-state index in [1.165, 1.54) is 0 Å². The van der Waals surface area contributed by atoms with E-state index in [1.807, 2.05) is 48.5 Å². The fraction of sp³-hybridized carbons (Fsp3) is 0.158. The molecule has 0 atom stereocenters. The van der Waals surface area contributed by atoms with Crippen molar-refractivity contribution in [2.75, 3.05) is 18.1 Å². The standard InChI is InChI=1S/C19H15ClN2O2/c20-15-6-7-17-14(11-15)10-13-8-9-22(19(13)21-17)18(23)12-24-16-4-2-1-3-5-16/h1-7,10-11H,8-9,12H2. The van der Waals surface area contributed by atoms with Crippen LogP contribution in [0.15, 0.2) is 54.6 Å². The molecule has 0 radical (unpaired) electrons. The maximum Gasteiger partial charge on any atom is 0.266 e. The van der Waals surface area contributed by atoms with E-state index in [0.717, 1.165) is 28.7 Å². The van der Waals surface area contributed by atoms with E-state index in [1.54, 1.807) is 4.90 Å². The molecular formula is C19H15ClN2O2. The van der Waals surface area contributed by atoms with Crippen LogP contribution < -0.4 is 9.64 Å². The SMILES string of the molecule is O=C(COc1ccccc1)N1CCc2cc3cc(Cl)ccc3nc21. The third kappa shape index (κ3) is 2.81. The number of aromatic nitrogens is 1. The Hall–Kier alpha value is -2.59. The van der Waals surface area contributed by atoms with Gasteiger partial charge in [-0.15, -0.1) is 0 Å². The molecule has 120 valence electrons. The van der Waals surface area contributed by atoms with Gasteiger partial charge in [-0.3, -0.25) is 9.69 Å². The van der Waals surface area contributed by atoms with Gasteiger partial charge < -0.3 is 4.74 Å². The molecule has 4 nitrogen and oxygen atoms in total. The van der Waals surface area contributed by atoms with Crippen molar-refractivity contribution in [1.29, 1.82) is 0 Å². The molecule has 0 fully saturated rings. The first kappa shape index (κ1) is 15.0. The number of anilines is 1. The van der Waals surface area contributed by atoms with Crippen molar-refractivity contribution in [2.24, 2.45) is 0 Å². The summed E-state index contributed by atoms with van der Waals surface area (Å²) in [6.45, 7) is 0.632. The lowest BCUT2D eigenvalue weighted by atomic mass is 10.1. The second-order valence-corrected chi connectivity index (χ2v) is 6.14. The van der Waals surface area contributed by atoms with Crippen LogP contribution in [0, 0.1) is 0 Å². The summed E-state index contributed by atoms with van der Waals surface area (Å²) in [6.07, 6.45) is 0.794. The molecule has 3 aromatic rings. The van der Waals surface area contributed by atoms with Gasteiger partial charge in [0.05, 0.1) is 5.52 Å². The summed E-state index contributed by atoms with van der Waals surface area (Å²) in [5, 5.41) is 1.68. The first-order valence-corrected chi connectivity index (χ1v) is 8.16. The summed E-state index contributed by atoms with van der Waals surface area (Å²) >= 11 is 6.04. The second kappa shape index (κ2) is 6.13. The third-order valence-electron chi connectivity index (χ3n) is 4.10. The highest BCUT2D eigenvalue weighted by Crippen LogP contribution is 2.30. The Morgan fingerprint density at radius 2 is 2.00 bits per heavy atom. The van der Waals surface area contributed by atoms with Crippen molar-refractivity contribution in [3.63, 3.8) is 0 Å². The average Bonchev–Trinajstić information content (AvgIpc) is 3.01. The quantitative estimate of drug-likeness (QED) is 0.728. The number of hydrogen-bond donors (Lipinski definition) is 0. The third-order valence-corrected chi connectivity index (χ3v) is 4.33. The normalized spacial score (nSPS) is 13.1. The Balaban J connectivity index is 1.56. The van der Waals surface area contributed by atoms with Gasteiger partial charge in [0.15, 0.2) is 6.61 Å². The predicted molar refractivity (Wildman–Crippen MR) is 94.7 cm³/mol. The van der Waals surface area contributed by atoms with Crippen molar-refractivity contribution in [3.8, 4) is 5.75 Å². The summed E-state index contributed by atoms with van der Waals surface area (Å²) in [6, 6.07) is 17.0. The van der Waals surface area contributed by atoms with E-state index in [0.29, 0.717) is 17.3 Å². The van der Waals surface area contributed by atoms with Crippen LogP contribution in [0.3, 0.4) is 0 Å². The largest absolute Gasteiger partial charge is 0.484 e. The average molecular weight is 339 g/mol. The van der Waals surface area contributed by atoms with Gasteiger partial charge in [0.2, 0.25) is 0 Å². The van der Waals surface area contributed by atoms with Crippen molar-refractivity contribution in [2.45, 2.75) is 6.42 Å². The summed E-state index contributed by atoms with van der Waals surface area (Å²) in [5.74, 6) is 1.33. The maximum atomic E-state index is 12.5. The van der Waals surface area contributed by atoms with Crippen molar-refractivity contribution >= 4 is 34.2 Å². The van der Waals surface area contributed by atoms with Crippen LogP contribution in [0.1, 0.15) is 5.56 Å². The van der Waals surface area contributed by atoms with Crippen LogP contribution in [0.25, 0.3) is 10.9 Å². The molecule has 0 spiro atoms. The highest BCUT2D eigenvalue weighted by atomic mass is 35.5. The molecular weight excluding hydrogens is 324 g/mol. The number of amides is 1. The number of nitrogens with zero attached hydrogens (tertiary/aromatic N) is 2. The van der Waals surface area contributed by atoms with Crippen LogP contribution in [-0.4, -0.2) is 24.0 Å². The molecule has 24 heavy (non-hydrogen) atoms. The van der Waals surface area contributed by atoms with Crippen molar-refractivity contribution in [1.82, 2.24) is 4.98 Å². The number of fused-ring (bicyclic) bond motifs is 2. The number of rotatable bonds is 3. The first-order valence-electron chi connectivity index (χ1n) is 7.78. The van der Waals surface area contributed by atoms with Crippen LogP contribution in [-0.2, 0) is 11.2 Å². The fourth-order valence-electron chi connectivity index (χ4n) is 2.92. The van der Waals surface area contributed by atoms with Crippen LogP contribution in [0.4, 0.5) is 5.82 Å². The topological polar surface area (TPSA) is 42.4 Å². The Labute approximate surface area is 144 Å². The monoisotopic (exact) mass is 338 g/mol. The summed E-state index contributed by atoms with van der Waals surface area (Å²) < 4.78 is 5.56. The van der Waals surface area contributed by atoms with Crippen LogP contribution in [0.5, 0.6) is 5.75 Å². The molecule has 5 heteroatoms. The molecule has 1 amide bonds. The summed E-state index contributed by atoms with van der Waals surface area (Å²) in [4.78, 5) is 18.9. The molecule has 0 saturated carbocycles. The van der Waals surface area contributed by atoms with Gasteiger partial charge in [-0.05, 0) is 48.4 Å². The van der Waals surface area contributed by atoms with Crippen molar-refractivity contribution in [3.05, 3.63) is 65.2 Å². The molecule has 1 aliphatic rings. The molecule has 0 saturated heterocycles. The summed E-state index contributed by atoms with van der Waals surface area (Å²) in [5.41, 5.74) is 1.90. The molecule has 0 bridgehead atoms. The lowest BCUT2D eigenvalue weighted by Gasteiger charge is -2.17. The lowest BCUT2D eigenvalue weighted by molar-refractivity contribution is -0.120. The number of carbonyl (C=O) groups excluding carboxylic acids is 1. The Kier molecular flexibility index (Phi) is 3.82. The van der Waals surface area contributed by atoms with Gasteiger partial charge in [-0.25, -0.2) is 4.98 Å². The summed E-state index contributed by atoms with van der Waals surface area (Å²) in [7, 11) is 0. The molecule has 2 heterocycles. The number of hydrogen-bond acceptors (Lipinski definition) is 3. The van der Waals surface area contributed by atoms with E-state index in [2.05, 4.69) is 11.1 Å². The van der Waals surface area contributed by atoms with Gasteiger partial charge in [-0.2, -0.15) is 0 Å². The molecule has 1 aliphatic heterocycles. The highest BCUT2D eigenvalue weighted by Gasteiger charge is 2.26. The fourth-order valence-corrected chi connectivity index (χ4v) is 3.10. The number of pyridine rings is 1. The zero-order valence-electron chi connectivity index (χ0n) is 12.9. The smallest absolute Gasteiger partial charge is 0.266 e. The van der Waals surface area contributed by atoms with Gasteiger partial charge in [0, 0.05) is 17.0 Å². The predicted octanol–water partition coefficient (Wildman–Crippen LogP) is 3.86. The van der Waals surface area contributed by atoms with Gasteiger partial charge in [-0.1, -0.05) is 29.8 Å². The molecule has 0 N–H and O–H groups in total. The van der Waals surface area contributed by atoms with Crippen molar-refractivity contribution < 1.29 is 9.53 Å². The van der Waals surface area contributed by atoms with E-state index in [4.69, 9.17) is 16.3 Å². The van der Waals surface area contributed by atoms with Crippen LogP contribution >= 0.6 is 11.6 Å². The number of halogens is 1. The molecule has 1 aromatic heterocycles. The Bertz CT molecular complexity index is 912. The number of para-hydroxylation sites is 1. The van der Waals surface area contributed by atoms with Gasteiger partial charge >= 0.3 is 0 Å². The Morgan fingerprint density at radius 1 is 1.17 bits per heavy atom. The molecule has 0 unspecified atom stereocenters. The first-order chi connectivity index (χ1) is 11.7. The highest BCUT2D eigenvalue weighted by molar-refractivity contribution is 6.31. The van der Waals surface area contributed by atoms with Crippen LogP contribution in [0.2, 0.25) is 5.02 Å². The lowest BCUT2D eigenvalue weighted by Crippen LogP contribution is -2.33. The zero-order valence-corrected chi connectivity index (χ0v) is 13.7. The molecule has 0 aliphatic carbocycles. The molecule has 2 aromatic carbocycles. The van der Waals surface area contributed by atoms with E-state index in [-0.39, 0.29) is 12.5 Å². The minimum absolute atomic E-state index is 0.00376. The Morgan fingerprint density at radius 3 is 2.83 bits per heavy atom. The van der Waals surface area contributed by atoms with E-state index < -0.39 is 0 Å². The number of benzene rings is 2. The van der Waals surface area contributed by atoms with Gasteiger partial charge in [0.1, 0.15) is 11.6 Å². The number of carbonyl (C=O) groups is 1. The molecule has 4 rings (SSSR count). The number of ether oxygens (including phenoxy) is 1. The van der Waals surface area contributed by atoms with Gasteiger partial charge in [0.25, 0.3) is 5.91 Å². The minimum Gasteiger partial charge on any atom is -0.484 e. The minimum atomic E-state index is -0.0848. The second-order valence-electron chi connectivity index (χ2n) is 5.71. The zero-order chi connectivity index (χ0) is 16.5. The van der Waals surface area contributed by atoms with E-state index in [9.17, 15) is 4.79 Å².